The summed E-state index contributed by atoms with van der Waals surface area (Å²) < 4.78 is 5.16. The van der Waals surface area contributed by atoms with Gasteiger partial charge in [-0.05, 0) is 36.5 Å². The van der Waals surface area contributed by atoms with E-state index in [2.05, 4.69) is 19.2 Å². The lowest BCUT2D eigenvalue weighted by Crippen LogP contribution is -2.32. The van der Waals surface area contributed by atoms with Gasteiger partial charge in [-0.2, -0.15) is 0 Å². The summed E-state index contributed by atoms with van der Waals surface area (Å²) in [7, 11) is 1.64. The summed E-state index contributed by atoms with van der Waals surface area (Å²) in [5, 5.41) is 2.98. The first-order valence-corrected chi connectivity index (χ1v) is 10.8. The number of unbranched alkanes of at least 4 members (excludes halogenated alkanes) is 3. The van der Waals surface area contributed by atoms with Crippen molar-refractivity contribution in [2.24, 2.45) is 11.8 Å². The molecule has 0 spiro atoms. The summed E-state index contributed by atoms with van der Waals surface area (Å²) in [4.78, 5) is 27.4. The van der Waals surface area contributed by atoms with Crippen molar-refractivity contribution in [1.82, 2.24) is 10.2 Å². The highest BCUT2D eigenvalue weighted by Crippen LogP contribution is 2.32. The van der Waals surface area contributed by atoms with E-state index in [1.165, 1.54) is 12.8 Å². The predicted octanol–water partition coefficient (Wildman–Crippen LogP) is 4.16. The van der Waals surface area contributed by atoms with E-state index in [9.17, 15) is 9.59 Å². The number of ether oxygens (including phenoxy) is 1. The molecule has 1 aliphatic heterocycles. The van der Waals surface area contributed by atoms with Crippen LogP contribution in [-0.2, 0) is 16.1 Å². The summed E-state index contributed by atoms with van der Waals surface area (Å²) in [6.07, 6.45) is 6.96. The zero-order chi connectivity index (χ0) is 20.4. The van der Waals surface area contributed by atoms with E-state index < -0.39 is 0 Å². The third-order valence-electron chi connectivity index (χ3n) is 5.67. The Bertz CT molecular complexity index is 615. The number of nitrogens with one attached hydrogen (secondary N) is 1. The van der Waals surface area contributed by atoms with Gasteiger partial charge in [-0.15, -0.1) is 0 Å². The van der Waals surface area contributed by atoms with E-state index in [1.54, 1.807) is 7.11 Å². The highest BCUT2D eigenvalue weighted by molar-refractivity contribution is 5.87. The first-order chi connectivity index (χ1) is 13.6. The van der Waals surface area contributed by atoms with Gasteiger partial charge in [0.05, 0.1) is 13.0 Å². The lowest BCUT2D eigenvalue weighted by atomic mass is 9.87. The molecule has 0 saturated carbocycles. The lowest BCUT2D eigenvalue weighted by Gasteiger charge is -2.16. The second-order valence-corrected chi connectivity index (χ2v) is 7.83. The van der Waals surface area contributed by atoms with Crippen LogP contribution in [0.5, 0.6) is 5.75 Å². The Morgan fingerprint density at radius 1 is 1.14 bits per heavy atom. The Morgan fingerprint density at radius 2 is 1.86 bits per heavy atom. The monoisotopic (exact) mass is 388 g/mol. The summed E-state index contributed by atoms with van der Waals surface area (Å²) in [5.74, 6) is 1.09. The highest BCUT2D eigenvalue weighted by Gasteiger charge is 2.40. The third-order valence-corrected chi connectivity index (χ3v) is 5.67. The molecule has 28 heavy (non-hydrogen) atoms. The first kappa shape index (κ1) is 22.3. The Kier molecular flexibility index (Phi) is 9.32. The zero-order valence-corrected chi connectivity index (χ0v) is 17.7. The van der Waals surface area contributed by atoms with Crippen LogP contribution in [0.2, 0.25) is 0 Å². The van der Waals surface area contributed by atoms with Gasteiger partial charge in [-0.1, -0.05) is 51.7 Å². The van der Waals surface area contributed by atoms with Crippen molar-refractivity contribution in [3.8, 4) is 5.75 Å². The molecule has 2 amide bonds. The van der Waals surface area contributed by atoms with Gasteiger partial charge in [0.15, 0.2) is 0 Å². The van der Waals surface area contributed by atoms with E-state index in [1.807, 2.05) is 29.2 Å². The van der Waals surface area contributed by atoms with E-state index in [-0.39, 0.29) is 17.7 Å². The van der Waals surface area contributed by atoms with Gasteiger partial charge >= 0.3 is 0 Å². The van der Waals surface area contributed by atoms with Crippen molar-refractivity contribution in [2.75, 3.05) is 20.2 Å². The number of likely N-dealkylation sites (tertiary alicyclic amines) is 1. The molecule has 1 heterocycles. The average Bonchev–Trinajstić information content (AvgIpc) is 3.00. The van der Waals surface area contributed by atoms with Crippen LogP contribution in [0.3, 0.4) is 0 Å². The summed E-state index contributed by atoms with van der Waals surface area (Å²) in [6, 6.07) is 7.66. The van der Waals surface area contributed by atoms with Crippen LogP contribution in [0.25, 0.3) is 0 Å². The minimum Gasteiger partial charge on any atom is -0.497 e. The summed E-state index contributed by atoms with van der Waals surface area (Å²) in [5.41, 5.74) is 1.02. The zero-order valence-electron chi connectivity index (χ0n) is 17.7. The number of rotatable bonds is 12. The Hall–Kier alpha value is -2.04. The van der Waals surface area contributed by atoms with Crippen LogP contribution in [0.15, 0.2) is 24.3 Å². The first-order valence-electron chi connectivity index (χ1n) is 10.8. The lowest BCUT2D eigenvalue weighted by molar-refractivity contribution is -0.134. The highest BCUT2D eigenvalue weighted by atomic mass is 16.5. The van der Waals surface area contributed by atoms with E-state index in [4.69, 9.17) is 4.74 Å². The van der Waals surface area contributed by atoms with Crippen molar-refractivity contribution >= 4 is 11.8 Å². The quantitative estimate of drug-likeness (QED) is 0.547. The molecular formula is C23H36N2O3. The third kappa shape index (κ3) is 6.54. The standard InChI is InChI=1S/C23H36N2O3/c1-4-6-8-9-19-17-25(14-7-5-2)23(27)21(19)15-22(26)24-16-18-10-12-20(28-3)13-11-18/h10-13,19,21H,4-9,14-17H2,1-3H3,(H,24,26)/t19-,21+/m0/s1. The molecule has 1 fully saturated rings. The van der Waals surface area contributed by atoms with Gasteiger partial charge < -0.3 is 15.0 Å². The van der Waals surface area contributed by atoms with Gasteiger partial charge in [0.2, 0.25) is 11.8 Å². The van der Waals surface area contributed by atoms with E-state index in [0.29, 0.717) is 18.9 Å². The molecule has 1 aromatic carbocycles. The maximum Gasteiger partial charge on any atom is 0.226 e. The summed E-state index contributed by atoms with van der Waals surface area (Å²) in [6.45, 7) is 6.45. The Morgan fingerprint density at radius 3 is 2.50 bits per heavy atom. The van der Waals surface area contributed by atoms with Crippen molar-refractivity contribution < 1.29 is 14.3 Å². The van der Waals surface area contributed by atoms with Crippen LogP contribution in [0.4, 0.5) is 0 Å². The van der Waals surface area contributed by atoms with Crippen molar-refractivity contribution in [3.63, 3.8) is 0 Å². The number of carbonyl (C=O) groups excluding carboxylic acids is 2. The van der Waals surface area contributed by atoms with Gasteiger partial charge in [0.1, 0.15) is 5.75 Å². The molecule has 1 N–H and O–H groups in total. The molecule has 1 aliphatic rings. The van der Waals surface area contributed by atoms with Crippen LogP contribution < -0.4 is 10.1 Å². The average molecular weight is 389 g/mol. The van der Waals surface area contributed by atoms with Gasteiger partial charge in [0.25, 0.3) is 0 Å². The normalized spacial score (nSPS) is 19.1. The van der Waals surface area contributed by atoms with Gasteiger partial charge in [-0.25, -0.2) is 0 Å². The number of amides is 2. The minimum atomic E-state index is -0.162. The fraction of sp³-hybridized carbons (Fsp3) is 0.652. The molecule has 0 unspecified atom stereocenters. The molecule has 2 atom stereocenters. The van der Waals surface area contributed by atoms with E-state index >= 15 is 0 Å². The fourth-order valence-corrected chi connectivity index (χ4v) is 3.91. The van der Waals surface area contributed by atoms with E-state index in [0.717, 1.165) is 50.1 Å². The van der Waals surface area contributed by atoms with Gasteiger partial charge in [0, 0.05) is 26.1 Å². The number of nitrogens with zero attached hydrogens (tertiary/aromatic N) is 1. The smallest absolute Gasteiger partial charge is 0.226 e. The topological polar surface area (TPSA) is 58.6 Å². The Balaban J connectivity index is 1.90. The molecule has 1 saturated heterocycles. The molecule has 0 aliphatic carbocycles. The Labute approximate surface area is 169 Å². The molecule has 0 radical (unpaired) electrons. The van der Waals surface area contributed by atoms with Gasteiger partial charge in [-0.3, -0.25) is 9.59 Å². The molecule has 0 bridgehead atoms. The largest absolute Gasteiger partial charge is 0.497 e. The summed E-state index contributed by atoms with van der Waals surface area (Å²) >= 11 is 0. The molecule has 5 heteroatoms. The fourth-order valence-electron chi connectivity index (χ4n) is 3.91. The molecule has 0 aromatic heterocycles. The number of carbonyl (C=O) groups is 2. The maximum absolute atomic E-state index is 12.9. The van der Waals surface area contributed by atoms with Crippen molar-refractivity contribution in [2.45, 2.75) is 65.3 Å². The molecule has 156 valence electrons. The predicted molar refractivity (Wildman–Crippen MR) is 112 cm³/mol. The molecule has 5 nitrogen and oxygen atoms in total. The second kappa shape index (κ2) is 11.7. The molecular weight excluding hydrogens is 352 g/mol. The number of hydrogen-bond donors (Lipinski definition) is 1. The second-order valence-electron chi connectivity index (χ2n) is 7.83. The van der Waals surface area contributed by atoms with Crippen LogP contribution in [0, 0.1) is 11.8 Å². The number of methoxy groups -OCH3 is 1. The van der Waals surface area contributed by atoms with Crippen molar-refractivity contribution in [3.05, 3.63) is 29.8 Å². The van der Waals surface area contributed by atoms with Crippen LogP contribution in [0.1, 0.15) is 64.4 Å². The SMILES string of the molecule is CCCCC[C@H]1CN(CCCC)C(=O)[C@@H]1CC(=O)NCc1ccc(OC)cc1. The number of benzene rings is 1. The number of hydrogen-bond acceptors (Lipinski definition) is 3. The van der Waals surface area contributed by atoms with Crippen LogP contribution in [-0.4, -0.2) is 36.9 Å². The molecule has 1 aromatic rings. The van der Waals surface area contributed by atoms with Crippen LogP contribution >= 0.6 is 0 Å². The maximum atomic E-state index is 12.9. The van der Waals surface area contributed by atoms with Crippen molar-refractivity contribution in [1.29, 1.82) is 0 Å². The minimum absolute atomic E-state index is 0.0352. The molecule has 2 rings (SSSR count).